The highest BCUT2D eigenvalue weighted by Gasteiger charge is 2.45. The minimum absolute atomic E-state index is 0.109. The zero-order chi connectivity index (χ0) is 17.6. The molecular weight excluding hydrogens is 306 g/mol. The van der Waals surface area contributed by atoms with Gasteiger partial charge in [-0.25, -0.2) is 0 Å². The predicted molar refractivity (Wildman–Crippen MR) is 104 cm³/mol. The topological polar surface area (TPSA) is 20.3 Å². The SMILES string of the molecule is CC(=O)c1cc2c(cc1-c1ccccc1)C=C(N(C)C)C21CCCC1. The molecule has 0 radical (unpaired) electrons. The predicted octanol–water partition coefficient (Wildman–Crippen LogP) is 5.28. The molecule has 1 spiro atoms. The van der Waals surface area contributed by atoms with Crippen LogP contribution < -0.4 is 0 Å². The number of benzene rings is 2. The first-order valence-electron chi connectivity index (χ1n) is 9.17. The van der Waals surface area contributed by atoms with Crippen LogP contribution in [0.1, 0.15) is 54.1 Å². The Bertz CT molecular complexity index is 855. The number of hydrogen-bond acceptors (Lipinski definition) is 2. The van der Waals surface area contributed by atoms with E-state index in [0.29, 0.717) is 0 Å². The molecule has 0 heterocycles. The molecule has 0 bridgehead atoms. The molecule has 0 amide bonds. The Labute approximate surface area is 150 Å². The smallest absolute Gasteiger partial charge is 0.160 e. The van der Waals surface area contributed by atoms with Crippen molar-refractivity contribution in [2.45, 2.75) is 38.0 Å². The zero-order valence-electron chi connectivity index (χ0n) is 15.3. The average Bonchev–Trinajstić information content (AvgIpc) is 3.21. The van der Waals surface area contributed by atoms with Gasteiger partial charge in [0.1, 0.15) is 0 Å². The number of rotatable bonds is 3. The number of hydrogen-bond donors (Lipinski definition) is 0. The van der Waals surface area contributed by atoms with Gasteiger partial charge in [0.15, 0.2) is 5.78 Å². The fourth-order valence-corrected chi connectivity index (χ4v) is 4.78. The summed E-state index contributed by atoms with van der Waals surface area (Å²) >= 11 is 0. The lowest BCUT2D eigenvalue weighted by atomic mass is 9.77. The Hall–Kier alpha value is -2.35. The van der Waals surface area contributed by atoms with Crippen molar-refractivity contribution >= 4 is 11.9 Å². The van der Waals surface area contributed by atoms with E-state index in [0.717, 1.165) is 16.7 Å². The normalized spacial score (nSPS) is 17.5. The third kappa shape index (κ3) is 2.43. The Kier molecular flexibility index (Phi) is 3.79. The van der Waals surface area contributed by atoms with E-state index in [1.54, 1.807) is 6.92 Å². The lowest BCUT2D eigenvalue weighted by molar-refractivity contribution is 0.101. The summed E-state index contributed by atoms with van der Waals surface area (Å²) in [4.78, 5) is 14.7. The molecule has 0 unspecified atom stereocenters. The van der Waals surface area contributed by atoms with E-state index in [1.807, 2.05) is 18.2 Å². The van der Waals surface area contributed by atoms with Crippen molar-refractivity contribution in [2.75, 3.05) is 14.1 Å². The number of likely N-dealkylation sites (N-methyl/N-ethyl adjacent to an activating group) is 1. The number of fused-ring (bicyclic) bond motifs is 2. The summed E-state index contributed by atoms with van der Waals surface area (Å²) in [5.74, 6) is 0.146. The molecule has 2 aromatic rings. The molecule has 0 saturated heterocycles. The van der Waals surface area contributed by atoms with Gasteiger partial charge in [0.05, 0.1) is 0 Å². The molecule has 25 heavy (non-hydrogen) atoms. The van der Waals surface area contributed by atoms with Crippen molar-refractivity contribution in [2.24, 2.45) is 0 Å². The van der Waals surface area contributed by atoms with Gasteiger partial charge in [-0.1, -0.05) is 43.2 Å². The van der Waals surface area contributed by atoms with Gasteiger partial charge in [-0.05, 0) is 60.2 Å². The molecule has 2 nitrogen and oxygen atoms in total. The van der Waals surface area contributed by atoms with Crippen LogP contribution in [0.15, 0.2) is 48.2 Å². The van der Waals surface area contributed by atoms with Crippen LogP contribution in [0, 0.1) is 0 Å². The molecule has 2 aliphatic rings. The molecular formula is C23H25NO. The van der Waals surface area contributed by atoms with Crippen LogP contribution in [0.5, 0.6) is 0 Å². The fourth-order valence-electron chi connectivity index (χ4n) is 4.78. The van der Waals surface area contributed by atoms with Gasteiger partial charge >= 0.3 is 0 Å². The number of ketones is 1. The Morgan fingerprint density at radius 2 is 1.72 bits per heavy atom. The second-order valence-electron chi connectivity index (χ2n) is 7.62. The largest absolute Gasteiger partial charge is 0.380 e. The third-order valence-electron chi connectivity index (χ3n) is 5.89. The van der Waals surface area contributed by atoms with Crippen LogP contribution in [-0.2, 0) is 5.41 Å². The van der Waals surface area contributed by atoms with Crippen LogP contribution in [0.25, 0.3) is 17.2 Å². The Morgan fingerprint density at radius 3 is 2.32 bits per heavy atom. The van der Waals surface area contributed by atoms with E-state index in [4.69, 9.17) is 0 Å². The van der Waals surface area contributed by atoms with Crippen LogP contribution in [-0.4, -0.2) is 24.8 Å². The van der Waals surface area contributed by atoms with E-state index >= 15 is 0 Å². The summed E-state index contributed by atoms with van der Waals surface area (Å²) in [5, 5.41) is 0. The van der Waals surface area contributed by atoms with E-state index in [2.05, 4.69) is 49.3 Å². The van der Waals surface area contributed by atoms with Crippen molar-refractivity contribution in [3.05, 3.63) is 64.9 Å². The first-order chi connectivity index (χ1) is 12.0. The number of nitrogens with zero attached hydrogens (tertiary/aromatic N) is 1. The van der Waals surface area contributed by atoms with Gasteiger partial charge in [0, 0.05) is 30.8 Å². The van der Waals surface area contributed by atoms with E-state index in [1.165, 1.54) is 42.5 Å². The number of Topliss-reactive ketones (excluding diaryl/α,β-unsaturated/α-hetero) is 1. The van der Waals surface area contributed by atoms with Crippen molar-refractivity contribution in [1.82, 2.24) is 4.90 Å². The average molecular weight is 331 g/mol. The summed E-state index contributed by atoms with van der Waals surface area (Å²) in [6, 6.07) is 14.7. The van der Waals surface area contributed by atoms with Crippen molar-refractivity contribution in [3.63, 3.8) is 0 Å². The van der Waals surface area contributed by atoms with Gasteiger partial charge < -0.3 is 4.90 Å². The van der Waals surface area contributed by atoms with Gasteiger partial charge in [-0.15, -0.1) is 0 Å². The zero-order valence-corrected chi connectivity index (χ0v) is 15.3. The summed E-state index contributed by atoms with van der Waals surface area (Å²) in [6.07, 6.45) is 7.25. The summed E-state index contributed by atoms with van der Waals surface area (Å²) in [6.45, 7) is 1.69. The van der Waals surface area contributed by atoms with Gasteiger partial charge in [-0.2, -0.15) is 0 Å². The molecule has 0 aromatic heterocycles. The summed E-state index contributed by atoms with van der Waals surface area (Å²) in [5.41, 5.74) is 7.18. The molecule has 2 aliphatic carbocycles. The maximum Gasteiger partial charge on any atom is 0.160 e. The standard InChI is InChI=1S/C23H25NO/c1-16(25)19-15-21-18(13-20(19)17-9-5-4-6-10-17)14-22(24(2)3)23(21)11-7-8-12-23/h4-6,9-10,13-15H,7-8,11-12H2,1-3H3. The monoisotopic (exact) mass is 331 g/mol. The van der Waals surface area contributed by atoms with Gasteiger partial charge in [0.2, 0.25) is 0 Å². The van der Waals surface area contributed by atoms with E-state index in [9.17, 15) is 4.79 Å². The highest BCUT2D eigenvalue weighted by atomic mass is 16.1. The highest BCUT2D eigenvalue weighted by Crippen LogP contribution is 2.53. The minimum Gasteiger partial charge on any atom is -0.380 e. The van der Waals surface area contributed by atoms with Crippen molar-refractivity contribution < 1.29 is 4.79 Å². The van der Waals surface area contributed by atoms with E-state index < -0.39 is 0 Å². The molecule has 1 fully saturated rings. The minimum atomic E-state index is 0.109. The third-order valence-corrected chi connectivity index (χ3v) is 5.89. The first kappa shape index (κ1) is 16.1. The molecule has 1 saturated carbocycles. The second kappa shape index (κ2) is 5.87. The van der Waals surface area contributed by atoms with Gasteiger partial charge in [0.25, 0.3) is 0 Å². The molecule has 128 valence electrons. The van der Waals surface area contributed by atoms with Gasteiger partial charge in [-0.3, -0.25) is 4.79 Å². The Balaban J connectivity index is 1.95. The molecule has 2 aromatic carbocycles. The quantitative estimate of drug-likeness (QED) is 0.713. The fraction of sp³-hybridized carbons (Fsp3) is 0.348. The van der Waals surface area contributed by atoms with Crippen molar-refractivity contribution in [3.8, 4) is 11.1 Å². The number of allylic oxidation sites excluding steroid dienone is 1. The lowest BCUT2D eigenvalue weighted by Gasteiger charge is -2.33. The van der Waals surface area contributed by atoms with E-state index in [-0.39, 0.29) is 11.2 Å². The maximum absolute atomic E-state index is 12.4. The van der Waals surface area contributed by atoms with Crippen LogP contribution in [0.4, 0.5) is 0 Å². The molecule has 0 aliphatic heterocycles. The van der Waals surface area contributed by atoms with Crippen LogP contribution in [0.3, 0.4) is 0 Å². The number of carbonyl (C=O) groups excluding carboxylic acids is 1. The summed E-state index contributed by atoms with van der Waals surface area (Å²) in [7, 11) is 4.28. The molecule has 0 N–H and O–H groups in total. The van der Waals surface area contributed by atoms with Crippen LogP contribution >= 0.6 is 0 Å². The first-order valence-corrected chi connectivity index (χ1v) is 9.17. The number of carbonyl (C=O) groups is 1. The lowest BCUT2D eigenvalue weighted by Crippen LogP contribution is -2.30. The molecule has 4 rings (SSSR count). The van der Waals surface area contributed by atoms with Crippen molar-refractivity contribution in [1.29, 1.82) is 0 Å². The van der Waals surface area contributed by atoms with Crippen LogP contribution in [0.2, 0.25) is 0 Å². The summed E-state index contributed by atoms with van der Waals surface area (Å²) < 4.78 is 0. The Morgan fingerprint density at radius 1 is 1.04 bits per heavy atom. The molecule has 2 heteroatoms. The highest BCUT2D eigenvalue weighted by molar-refractivity contribution is 6.02. The second-order valence-corrected chi connectivity index (χ2v) is 7.62. The maximum atomic E-state index is 12.4. The molecule has 0 atom stereocenters.